The van der Waals surface area contributed by atoms with E-state index in [0.29, 0.717) is 5.92 Å². The SMILES string of the molecule is C[C@H]1CCC[C@]2(C)C[C@H]3OC(=O)[C@H](CN4CCN(c5ccccn5)CC4)[C@H]3[C@@H]3O[C@]132. The van der Waals surface area contributed by atoms with Gasteiger partial charge in [0.2, 0.25) is 0 Å². The second-order valence-electron chi connectivity index (χ2n) is 10.5. The Labute approximate surface area is 178 Å². The third-order valence-electron chi connectivity index (χ3n) is 8.99. The van der Waals surface area contributed by atoms with Crippen LogP contribution in [0.25, 0.3) is 0 Å². The number of carbonyl (C=O) groups excluding carboxylic acids is 1. The number of esters is 1. The number of carbonyl (C=O) groups is 1. The summed E-state index contributed by atoms with van der Waals surface area (Å²) in [5.74, 6) is 1.83. The Morgan fingerprint density at radius 2 is 2.07 bits per heavy atom. The van der Waals surface area contributed by atoms with Crippen LogP contribution in [0.3, 0.4) is 0 Å². The Kier molecular flexibility index (Phi) is 4.24. The maximum atomic E-state index is 12.9. The van der Waals surface area contributed by atoms with Gasteiger partial charge in [-0.2, -0.15) is 0 Å². The third-order valence-corrected chi connectivity index (χ3v) is 8.99. The number of nitrogens with zero attached hydrogens (tertiary/aromatic N) is 3. The minimum Gasteiger partial charge on any atom is -0.462 e. The predicted octanol–water partition coefficient (Wildman–Crippen LogP) is 2.73. The van der Waals surface area contributed by atoms with E-state index in [1.165, 1.54) is 19.3 Å². The standard InChI is InChI=1S/C24H33N3O3/c1-16-6-5-8-23(2)14-18-20(21-24(16,23)30-21)17(22(28)29-18)15-26-10-12-27(13-11-26)19-7-3-4-9-25-19/h3-4,7,9,16-18,20-21H,5-6,8,10-15H2,1-2H3/t16-,17+,18+,20+,21-,23+,24+/m0/s1. The molecule has 1 spiro atoms. The molecular weight excluding hydrogens is 378 g/mol. The van der Waals surface area contributed by atoms with Gasteiger partial charge in [0, 0.05) is 50.3 Å². The molecule has 0 bridgehead atoms. The smallest absolute Gasteiger partial charge is 0.311 e. The number of hydrogen-bond donors (Lipinski definition) is 0. The topological polar surface area (TPSA) is 58.2 Å². The van der Waals surface area contributed by atoms with Crippen LogP contribution in [0.4, 0.5) is 5.82 Å². The highest BCUT2D eigenvalue weighted by atomic mass is 16.6. The number of anilines is 1. The van der Waals surface area contributed by atoms with Crippen LogP contribution in [-0.4, -0.2) is 66.4 Å². The van der Waals surface area contributed by atoms with Crippen molar-refractivity contribution in [2.24, 2.45) is 23.2 Å². The molecule has 0 amide bonds. The van der Waals surface area contributed by atoms with Crippen molar-refractivity contribution in [2.45, 2.75) is 57.3 Å². The van der Waals surface area contributed by atoms with Gasteiger partial charge >= 0.3 is 5.97 Å². The van der Waals surface area contributed by atoms with Gasteiger partial charge in [0.25, 0.3) is 0 Å². The molecule has 5 fully saturated rings. The maximum Gasteiger partial charge on any atom is 0.311 e. The van der Waals surface area contributed by atoms with Crippen LogP contribution in [0.5, 0.6) is 0 Å². The summed E-state index contributed by atoms with van der Waals surface area (Å²) in [7, 11) is 0. The fourth-order valence-corrected chi connectivity index (χ4v) is 7.42. The van der Waals surface area contributed by atoms with E-state index in [-0.39, 0.29) is 41.0 Å². The van der Waals surface area contributed by atoms with E-state index >= 15 is 0 Å². The monoisotopic (exact) mass is 411 g/mol. The summed E-state index contributed by atoms with van der Waals surface area (Å²) in [5.41, 5.74) is 0.163. The lowest BCUT2D eigenvalue weighted by Gasteiger charge is -2.49. The van der Waals surface area contributed by atoms with Crippen molar-refractivity contribution in [3.8, 4) is 0 Å². The molecule has 2 aliphatic carbocycles. The summed E-state index contributed by atoms with van der Waals surface area (Å²) < 4.78 is 12.6. The first-order chi connectivity index (χ1) is 14.5. The van der Waals surface area contributed by atoms with Crippen LogP contribution < -0.4 is 4.90 Å². The number of ether oxygens (including phenoxy) is 2. The van der Waals surface area contributed by atoms with Gasteiger partial charge in [-0.25, -0.2) is 4.98 Å². The zero-order chi connectivity index (χ0) is 20.5. The molecule has 3 saturated heterocycles. The lowest BCUT2D eigenvalue weighted by atomic mass is 9.53. The van der Waals surface area contributed by atoms with E-state index in [4.69, 9.17) is 9.47 Å². The Bertz CT molecular complexity index is 826. The van der Waals surface area contributed by atoms with E-state index in [0.717, 1.165) is 45.0 Å². The Morgan fingerprint density at radius 3 is 2.83 bits per heavy atom. The van der Waals surface area contributed by atoms with Crippen LogP contribution in [0.15, 0.2) is 24.4 Å². The number of fused-ring (bicyclic) bond motifs is 2. The first kappa shape index (κ1) is 19.1. The van der Waals surface area contributed by atoms with E-state index in [9.17, 15) is 4.79 Å². The molecule has 0 unspecified atom stereocenters. The van der Waals surface area contributed by atoms with Crippen molar-refractivity contribution < 1.29 is 14.3 Å². The quantitative estimate of drug-likeness (QED) is 0.563. The Morgan fingerprint density at radius 1 is 1.23 bits per heavy atom. The van der Waals surface area contributed by atoms with Gasteiger partial charge in [-0.15, -0.1) is 0 Å². The van der Waals surface area contributed by atoms with Crippen molar-refractivity contribution in [2.75, 3.05) is 37.6 Å². The molecular formula is C24H33N3O3. The lowest BCUT2D eigenvalue weighted by Crippen LogP contribution is -2.55. The normalized spacial score (nSPS) is 45.3. The van der Waals surface area contributed by atoms with Crippen LogP contribution in [0.2, 0.25) is 0 Å². The van der Waals surface area contributed by atoms with E-state index in [1.54, 1.807) is 0 Å². The van der Waals surface area contributed by atoms with Gasteiger partial charge in [0.1, 0.15) is 17.5 Å². The summed E-state index contributed by atoms with van der Waals surface area (Å²) >= 11 is 0. The molecule has 1 aromatic heterocycles. The van der Waals surface area contributed by atoms with Gasteiger partial charge in [0.15, 0.2) is 0 Å². The number of hydrogen-bond acceptors (Lipinski definition) is 6. The summed E-state index contributed by atoms with van der Waals surface area (Å²) in [4.78, 5) is 22.2. The predicted molar refractivity (Wildman–Crippen MR) is 113 cm³/mol. The molecule has 6 nitrogen and oxygen atoms in total. The molecule has 1 aromatic rings. The average Bonchev–Trinajstić information content (AvgIpc) is 3.44. The molecule has 6 rings (SSSR count). The Hall–Kier alpha value is -1.66. The van der Waals surface area contributed by atoms with E-state index < -0.39 is 0 Å². The molecule has 7 atom stereocenters. The number of rotatable bonds is 3. The van der Waals surface area contributed by atoms with Gasteiger partial charge in [0.05, 0.1) is 12.0 Å². The van der Waals surface area contributed by atoms with Crippen molar-refractivity contribution in [3.05, 3.63) is 24.4 Å². The molecule has 4 heterocycles. The summed E-state index contributed by atoms with van der Waals surface area (Å²) in [5, 5.41) is 0. The van der Waals surface area contributed by atoms with Gasteiger partial charge in [-0.1, -0.05) is 26.3 Å². The summed E-state index contributed by atoms with van der Waals surface area (Å²) in [6.45, 7) is 9.37. The highest BCUT2D eigenvalue weighted by molar-refractivity contribution is 5.76. The second kappa shape index (κ2) is 6.67. The maximum absolute atomic E-state index is 12.9. The lowest BCUT2D eigenvalue weighted by molar-refractivity contribution is -0.146. The number of piperazine rings is 1. The first-order valence-electron chi connectivity index (χ1n) is 11.8. The molecule has 162 valence electrons. The average molecular weight is 412 g/mol. The van der Waals surface area contributed by atoms with Crippen LogP contribution in [0.1, 0.15) is 39.5 Å². The van der Waals surface area contributed by atoms with Crippen molar-refractivity contribution in [1.29, 1.82) is 0 Å². The molecule has 5 aliphatic rings. The minimum absolute atomic E-state index is 0.00365. The minimum atomic E-state index is -0.0422. The molecule has 6 heteroatoms. The van der Waals surface area contributed by atoms with Crippen molar-refractivity contribution >= 4 is 11.8 Å². The van der Waals surface area contributed by atoms with Crippen LogP contribution >= 0.6 is 0 Å². The fourth-order valence-electron chi connectivity index (χ4n) is 7.42. The number of aromatic nitrogens is 1. The second-order valence-corrected chi connectivity index (χ2v) is 10.5. The zero-order valence-corrected chi connectivity index (χ0v) is 18.1. The highest BCUT2D eigenvalue weighted by Crippen LogP contribution is 2.70. The molecule has 0 aromatic carbocycles. The van der Waals surface area contributed by atoms with E-state index in [2.05, 4.69) is 34.7 Å². The molecule has 0 radical (unpaired) electrons. The Balaban J connectivity index is 1.15. The van der Waals surface area contributed by atoms with Crippen molar-refractivity contribution in [1.82, 2.24) is 9.88 Å². The summed E-state index contributed by atoms with van der Waals surface area (Å²) in [6, 6.07) is 6.07. The number of pyridine rings is 1. The van der Waals surface area contributed by atoms with Crippen LogP contribution in [0, 0.1) is 23.2 Å². The third kappa shape index (κ3) is 2.62. The highest BCUT2D eigenvalue weighted by Gasteiger charge is 2.78. The van der Waals surface area contributed by atoms with Crippen molar-refractivity contribution in [3.63, 3.8) is 0 Å². The first-order valence-corrected chi connectivity index (χ1v) is 11.8. The fraction of sp³-hybridized carbons (Fsp3) is 0.750. The molecule has 0 N–H and O–H groups in total. The molecule has 3 aliphatic heterocycles. The van der Waals surface area contributed by atoms with Gasteiger partial charge in [-0.05, 0) is 37.3 Å². The van der Waals surface area contributed by atoms with Gasteiger partial charge in [-0.3, -0.25) is 9.69 Å². The van der Waals surface area contributed by atoms with Gasteiger partial charge < -0.3 is 14.4 Å². The summed E-state index contributed by atoms with van der Waals surface area (Å²) in [6.07, 6.45) is 6.81. The van der Waals surface area contributed by atoms with E-state index in [1.807, 2.05) is 18.3 Å². The number of epoxide rings is 1. The zero-order valence-electron chi connectivity index (χ0n) is 18.1. The molecule has 2 saturated carbocycles. The largest absolute Gasteiger partial charge is 0.462 e. The molecule has 30 heavy (non-hydrogen) atoms. The van der Waals surface area contributed by atoms with Crippen LogP contribution in [-0.2, 0) is 14.3 Å².